The van der Waals surface area contributed by atoms with Gasteiger partial charge < -0.3 is 5.32 Å². The minimum atomic E-state index is -4.51. The molecule has 1 amide bonds. The summed E-state index contributed by atoms with van der Waals surface area (Å²) in [6.07, 6.45) is -1.55. The number of rotatable bonds is 7. The average Bonchev–Trinajstić information content (AvgIpc) is 3.25. The van der Waals surface area contributed by atoms with Crippen LogP contribution in [0.2, 0.25) is 0 Å². The van der Waals surface area contributed by atoms with Gasteiger partial charge in [-0.15, -0.1) is 0 Å². The predicted octanol–water partition coefficient (Wildman–Crippen LogP) is 5.50. The molecule has 2 aromatic heterocycles. The third-order valence-electron chi connectivity index (χ3n) is 7.36. The van der Waals surface area contributed by atoms with E-state index in [1.54, 1.807) is 0 Å². The lowest BCUT2D eigenvalue weighted by atomic mass is 9.93. The summed E-state index contributed by atoms with van der Waals surface area (Å²) >= 11 is 1.44. The second-order valence-corrected chi connectivity index (χ2v) is 12.9. The summed E-state index contributed by atoms with van der Waals surface area (Å²) in [4.78, 5) is 18.2. The van der Waals surface area contributed by atoms with Gasteiger partial charge in [0, 0.05) is 19.6 Å². The zero-order valence-corrected chi connectivity index (χ0v) is 23.2. The molecule has 2 aliphatic heterocycles. The smallest absolute Gasteiger partial charge is 0.352 e. The van der Waals surface area contributed by atoms with Gasteiger partial charge in [-0.2, -0.15) is 17.5 Å². The number of allylic oxidation sites excluding steroid dienone is 1. The van der Waals surface area contributed by atoms with E-state index >= 15 is 0 Å². The van der Waals surface area contributed by atoms with Gasteiger partial charge in [0.15, 0.2) is 0 Å². The van der Waals surface area contributed by atoms with Crippen molar-refractivity contribution in [2.75, 3.05) is 19.6 Å². The Morgan fingerprint density at radius 2 is 1.79 bits per heavy atom. The number of alkyl halides is 3. The number of piperidine rings is 1. The molecule has 4 heterocycles. The van der Waals surface area contributed by atoms with E-state index in [0.717, 1.165) is 64.7 Å². The second-order valence-electron chi connectivity index (χ2n) is 9.93. The number of hydrogen-bond acceptors (Lipinski definition) is 5. The highest BCUT2D eigenvalue weighted by Crippen LogP contribution is 2.40. The number of hydrogen-bond donors (Lipinski definition) is 1. The van der Waals surface area contributed by atoms with Gasteiger partial charge in [0.1, 0.15) is 5.65 Å². The number of pyridine rings is 1. The molecule has 7 nitrogen and oxygen atoms in total. The maximum atomic E-state index is 13.0. The number of nitrogens with zero attached hydrogens (tertiary/aromatic N) is 3. The predicted molar refractivity (Wildman–Crippen MR) is 144 cm³/mol. The number of sulfonamides is 1. The minimum Gasteiger partial charge on any atom is -0.352 e. The molecule has 3 aromatic rings. The molecule has 0 bridgehead atoms. The zero-order chi connectivity index (χ0) is 27.9. The number of aromatic nitrogens is 2. The third kappa shape index (κ3) is 5.46. The van der Waals surface area contributed by atoms with Crippen LogP contribution in [0.3, 0.4) is 0 Å². The number of aryl methyl sites for hydroxylation is 1. The van der Waals surface area contributed by atoms with E-state index in [4.69, 9.17) is 0 Å². The first-order valence-electron chi connectivity index (χ1n) is 12.8. The lowest BCUT2D eigenvalue weighted by Gasteiger charge is -2.31. The lowest BCUT2D eigenvalue weighted by molar-refractivity contribution is -0.137. The van der Waals surface area contributed by atoms with Gasteiger partial charge in [0.05, 0.1) is 31.8 Å². The molecule has 0 radical (unpaired) electrons. The number of imidazole rings is 1. The monoisotopic (exact) mass is 578 g/mol. The van der Waals surface area contributed by atoms with Crippen molar-refractivity contribution in [1.82, 2.24) is 19.0 Å². The van der Waals surface area contributed by atoms with Crippen LogP contribution in [0.4, 0.5) is 13.2 Å². The molecule has 12 heteroatoms. The highest BCUT2D eigenvalue weighted by Gasteiger charge is 2.33. The molecule has 1 fully saturated rings. The summed E-state index contributed by atoms with van der Waals surface area (Å²) in [7, 11) is -3.84. The number of amides is 1. The van der Waals surface area contributed by atoms with Crippen LogP contribution in [-0.2, 0) is 21.0 Å². The van der Waals surface area contributed by atoms with Crippen molar-refractivity contribution in [3.05, 3.63) is 64.3 Å². The summed E-state index contributed by atoms with van der Waals surface area (Å²) in [6, 6.07) is 9.50. The van der Waals surface area contributed by atoms with Crippen molar-refractivity contribution in [1.29, 1.82) is 0 Å². The van der Waals surface area contributed by atoms with Crippen LogP contribution >= 0.6 is 11.8 Å². The molecule has 39 heavy (non-hydrogen) atoms. The summed E-state index contributed by atoms with van der Waals surface area (Å²) in [5, 5.41) is 3.99. The van der Waals surface area contributed by atoms with E-state index in [1.807, 2.05) is 32.0 Å². The van der Waals surface area contributed by atoms with E-state index < -0.39 is 21.8 Å². The fraction of sp³-hybridized carbons (Fsp3) is 0.407. The van der Waals surface area contributed by atoms with Gasteiger partial charge in [-0.05, 0) is 87.4 Å². The molecule has 0 saturated carbocycles. The Morgan fingerprint density at radius 1 is 1.10 bits per heavy atom. The third-order valence-corrected chi connectivity index (χ3v) is 10.5. The first kappa shape index (κ1) is 27.7. The Hall–Kier alpha value is -2.83. The minimum absolute atomic E-state index is 0.112. The van der Waals surface area contributed by atoms with Gasteiger partial charge >= 0.3 is 6.18 Å². The van der Waals surface area contributed by atoms with Crippen LogP contribution in [0.1, 0.15) is 49.6 Å². The standard InChI is InChI=1S/C27H29F3N4O3S2/c1-17-24-18(2)32-22-6-3-7-23(34(22)24)38-25(17)26(35)31-14-4-5-19-12-15-33(16-13-19)39(36,37)21-10-8-20(9-11-21)27(28,29)30/h3,6-11,19H,4-5,12-16H2,1-2H3,(H,31,35). The number of halogens is 3. The van der Waals surface area contributed by atoms with Gasteiger partial charge in [-0.3, -0.25) is 9.20 Å². The van der Waals surface area contributed by atoms with Crippen LogP contribution in [0.25, 0.3) is 11.2 Å². The number of nitrogens with one attached hydrogen (secondary N) is 1. The molecule has 1 N–H and O–H groups in total. The second kappa shape index (κ2) is 10.6. The van der Waals surface area contributed by atoms with Gasteiger partial charge in [-0.1, -0.05) is 17.8 Å². The van der Waals surface area contributed by atoms with Crippen molar-refractivity contribution in [2.24, 2.45) is 5.92 Å². The molecule has 5 rings (SSSR count). The Morgan fingerprint density at radius 3 is 2.46 bits per heavy atom. The van der Waals surface area contributed by atoms with Crippen LogP contribution in [0.15, 0.2) is 57.3 Å². The SMILES string of the molecule is CC1=C(C(=O)NCCCC2CCN(S(=O)(=O)c3ccc(C(F)(F)F)cc3)CC2)Sc2cccc3nc(C)c1n23. The Bertz CT molecular complexity index is 1540. The van der Waals surface area contributed by atoms with Crippen LogP contribution in [0, 0.1) is 12.8 Å². The molecule has 0 spiro atoms. The Labute approximate surface area is 229 Å². The Kier molecular flexibility index (Phi) is 7.55. The van der Waals surface area contributed by atoms with E-state index in [9.17, 15) is 26.4 Å². The first-order chi connectivity index (χ1) is 18.5. The number of thioether (sulfide) groups is 1. The largest absolute Gasteiger partial charge is 0.416 e. The fourth-order valence-electron chi connectivity index (χ4n) is 5.28. The van der Waals surface area contributed by atoms with Crippen LogP contribution < -0.4 is 5.32 Å². The zero-order valence-electron chi connectivity index (χ0n) is 21.6. The number of carbonyl (C=O) groups is 1. The molecular formula is C27H29F3N4O3S2. The highest BCUT2D eigenvalue weighted by atomic mass is 32.2. The van der Waals surface area contributed by atoms with E-state index in [1.165, 1.54) is 16.1 Å². The van der Waals surface area contributed by atoms with Gasteiger partial charge in [0.25, 0.3) is 5.91 Å². The van der Waals surface area contributed by atoms with Crippen molar-refractivity contribution < 1.29 is 26.4 Å². The molecule has 0 aliphatic carbocycles. The molecule has 1 saturated heterocycles. The summed E-state index contributed by atoms with van der Waals surface area (Å²) in [5.74, 6) is 0.208. The molecule has 208 valence electrons. The van der Waals surface area contributed by atoms with Crippen LogP contribution in [-0.4, -0.2) is 47.6 Å². The molecule has 0 unspecified atom stereocenters. The van der Waals surface area contributed by atoms with Crippen molar-refractivity contribution in [3.63, 3.8) is 0 Å². The fourth-order valence-corrected chi connectivity index (χ4v) is 7.79. The van der Waals surface area contributed by atoms with E-state index in [2.05, 4.69) is 14.7 Å². The maximum Gasteiger partial charge on any atom is 0.416 e. The molecule has 2 aliphatic rings. The number of carbonyl (C=O) groups excluding carboxylic acids is 1. The quantitative estimate of drug-likeness (QED) is 0.375. The van der Waals surface area contributed by atoms with Crippen molar-refractivity contribution in [3.8, 4) is 0 Å². The lowest BCUT2D eigenvalue weighted by Crippen LogP contribution is -2.38. The Balaban J connectivity index is 1.11. The first-order valence-corrected chi connectivity index (χ1v) is 15.1. The maximum absolute atomic E-state index is 13.0. The molecular weight excluding hydrogens is 549 g/mol. The average molecular weight is 579 g/mol. The normalized spacial score (nSPS) is 17.2. The van der Waals surface area contributed by atoms with Gasteiger partial charge in [-0.25, -0.2) is 13.4 Å². The molecule has 1 aromatic carbocycles. The summed E-state index contributed by atoms with van der Waals surface area (Å²) < 4.78 is 67.6. The van der Waals surface area contributed by atoms with E-state index in [-0.39, 0.29) is 10.8 Å². The highest BCUT2D eigenvalue weighted by molar-refractivity contribution is 8.04. The topological polar surface area (TPSA) is 83.8 Å². The van der Waals surface area contributed by atoms with E-state index in [0.29, 0.717) is 43.3 Å². The van der Waals surface area contributed by atoms with Crippen molar-refractivity contribution in [2.45, 2.75) is 55.6 Å². The summed E-state index contributed by atoms with van der Waals surface area (Å²) in [6.45, 7) is 5.05. The number of benzene rings is 1. The van der Waals surface area contributed by atoms with Gasteiger partial charge in [0.2, 0.25) is 10.0 Å². The van der Waals surface area contributed by atoms with Crippen molar-refractivity contribution >= 4 is 38.9 Å². The summed E-state index contributed by atoms with van der Waals surface area (Å²) in [5.41, 5.74) is 2.74. The van der Waals surface area contributed by atoms with Crippen LogP contribution in [0.5, 0.6) is 0 Å². The molecule has 0 atom stereocenters.